The molecule has 1 unspecified atom stereocenters. The van der Waals surface area contributed by atoms with Crippen molar-refractivity contribution in [1.29, 1.82) is 0 Å². The number of fused-ring (bicyclic) bond motifs is 4. The molecule has 7 nitrogen and oxygen atoms in total. The molecule has 156 valence electrons. The molecule has 1 atom stereocenters. The Morgan fingerprint density at radius 3 is 2.61 bits per heavy atom. The molecule has 1 saturated carbocycles. The molecule has 3 aliphatic rings. The van der Waals surface area contributed by atoms with Crippen LogP contribution in [0.5, 0.6) is 0 Å². The van der Waals surface area contributed by atoms with Crippen molar-refractivity contribution in [3.05, 3.63) is 69.6 Å². The van der Waals surface area contributed by atoms with Crippen molar-refractivity contribution in [1.82, 2.24) is 14.8 Å². The van der Waals surface area contributed by atoms with Gasteiger partial charge in [-0.05, 0) is 48.7 Å². The molecule has 1 spiro atoms. The van der Waals surface area contributed by atoms with Crippen LogP contribution in [0.15, 0.2) is 42.7 Å². The number of carbonyl (C=O) groups excluding carboxylic acids is 2. The quantitative estimate of drug-likeness (QED) is 0.654. The van der Waals surface area contributed by atoms with Gasteiger partial charge in [-0.25, -0.2) is 4.68 Å². The fourth-order valence-electron chi connectivity index (χ4n) is 4.73. The summed E-state index contributed by atoms with van der Waals surface area (Å²) < 4.78 is 1.67. The summed E-state index contributed by atoms with van der Waals surface area (Å²) in [5.41, 5.74) is 1.93. The number of nitrogens with zero attached hydrogens (tertiary/aromatic N) is 4. The third kappa shape index (κ3) is 2.73. The normalized spacial score (nSPS) is 21.9. The summed E-state index contributed by atoms with van der Waals surface area (Å²) in [5.74, 6) is 0.215. The zero-order valence-corrected chi connectivity index (χ0v) is 17.8. The van der Waals surface area contributed by atoms with Gasteiger partial charge in [0.25, 0.3) is 0 Å². The van der Waals surface area contributed by atoms with E-state index in [1.165, 1.54) is 0 Å². The highest BCUT2D eigenvalue weighted by molar-refractivity contribution is 6.31. The second-order valence-corrected chi connectivity index (χ2v) is 9.10. The standard InChI is InChI=1S/C22H17Cl2N5O2/c23-12-2-6-18-16(7-12)22(21(31)29(18)15-4-5-15)8-19(30)27-20-17(22)10-26-28(20)11-14-3-1-13(24)9-25-14/h1-3,6-7,9-10,15H,4-5,8,11H2,(H,27,30). The lowest BCUT2D eigenvalue weighted by molar-refractivity contribution is -0.126. The number of aromatic nitrogens is 3. The fraction of sp³-hybridized carbons (Fsp3) is 0.273. The first-order valence-electron chi connectivity index (χ1n) is 10.1. The molecule has 1 N–H and O–H groups in total. The fourth-order valence-corrected chi connectivity index (χ4v) is 5.02. The highest BCUT2D eigenvalue weighted by Gasteiger charge is 2.59. The molecular formula is C22H17Cl2N5O2. The van der Waals surface area contributed by atoms with Crippen molar-refractivity contribution in [2.75, 3.05) is 10.2 Å². The van der Waals surface area contributed by atoms with Gasteiger partial charge < -0.3 is 10.2 Å². The number of nitrogens with one attached hydrogen (secondary N) is 1. The first-order chi connectivity index (χ1) is 15.0. The highest BCUT2D eigenvalue weighted by atomic mass is 35.5. The van der Waals surface area contributed by atoms with Crippen molar-refractivity contribution in [3.63, 3.8) is 0 Å². The van der Waals surface area contributed by atoms with Crippen LogP contribution in [0.4, 0.5) is 11.5 Å². The van der Waals surface area contributed by atoms with Gasteiger partial charge in [0.05, 0.1) is 23.5 Å². The Bertz CT molecular complexity index is 1250. The van der Waals surface area contributed by atoms with Gasteiger partial charge in [0.2, 0.25) is 11.8 Å². The number of rotatable bonds is 3. The minimum Gasteiger partial charge on any atom is -0.311 e. The van der Waals surface area contributed by atoms with Crippen LogP contribution in [-0.4, -0.2) is 32.6 Å². The Balaban J connectivity index is 1.51. The Morgan fingerprint density at radius 2 is 1.87 bits per heavy atom. The number of hydrogen-bond donors (Lipinski definition) is 1. The zero-order chi connectivity index (χ0) is 21.3. The molecule has 2 aromatic heterocycles. The molecule has 2 amide bonds. The number of benzene rings is 1. The number of halogens is 2. The molecule has 1 fully saturated rings. The van der Waals surface area contributed by atoms with Crippen molar-refractivity contribution in [2.45, 2.75) is 37.3 Å². The highest BCUT2D eigenvalue weighted by Crippen LogP contribution is 2.55. The van der Waals surface area contributed by atoms with E-state index in [1.54, 1.807) is 35.3 Å². The molecule has 3 aromatic rings. The van der Waals surface area contributed by atoms with E-state index in [0.717, 1.165) is 29.8 Å². The van der Waals surface area contributed by atoms with Crippen LogP contribution >= 0.6 is 23.2 Å². The summed E-state index contributed by atoms with van der Waals surface area (Å²) in [7, 11) is 0. The topological polar surface area (TPSA) is 80.1 Å². The number of amides is 2. The average Bonchev–Trinajstić information content (AvgIpc) is 3.46. The van der Waals surface area contributed by atoms with Crippen LogP contribution in [0.1, 0.15) is 36.1 Å². The van der Waals surface area contributed by atoms with Crippen LogP contribution in [0, 0.1) is 0 Å². The second kappa shape index (κ2) is 6.55. The smallest absolute Gasteiger partial charge is 0.243 e. The molecule has 1 aromatic carbocycles. The van der Waals surface area contributed by atoms with Crippen LogP contribution in [0.25, 0.3) is 0 Å². The summed E-state index contributed by atoms with van der Waals surface area (Å²) in [4.78, 5) is 32.9. The Labute approximate surface area is 188 Å². The zero-order valence-electron chi connectivity index (χ0n) is 16.3. The molecule has 6 rings (SSSR count). The largest absolute Gasteiger partial charge is 0.311 e. The number of hydrogen-bond acceptors (Lipinski definition) is 4. The molecule has 9 heteroatoms. The molecule has 31 heavy (non-hydrogen) atoms. The lowest BCUT2D eigenvalue weighted by Crippen LogP contribution is -2.47. The third-order valence-electron chi connectivity index (χ3n) is 6.26. The molecule has 0 saturated heterocycles. The minimum atomic E-state index is -1.12. The van der Waals surface area contributed by atoms with Gasteiger partial charge in [0.15, 0.2) is 0 Å². The van der Waals surface area contributed by atoms with E-state index in [0.29, 0.717) is 28.0 Å². The van der Waals surface area contributed by atoms with Crippen molar-refractivity contribution >= 4 is 46.5 Å². The maximum atomic E-state index is 13.9. The Morgan fingerprint density at radius 1 is 1.06 bits per heavy atom. The first kappa shape index (κ1) is 18.8. The first-order valence-corrected chi connectivity index (χ1v) is 10.8. The van der Waals surface area contributed by atoms with Gasteiger partial charge >= 0.3 is 0 Å². The van der Waals surface area contributed by atoms with Crippen LogP contribution < -0.4 is 10.2 Å². The van der Waals surface area contributed by atoms with Gasteiger partial charge in [-0.2, -0.15) is 5.10 Å². The maximum absolute atomic E-state index is 13.9. The van der Waals surface area contributed by atoms with Crippen LogP contribution in [0.2, 0.25) is 10.0 Å². The van der Waals surface area contributed by atoms with E-state index in [4.69, 9.17) is 23.2 Å². The summed E-state index contributed by atoms with van der Waals surface area (Å²) in [6, 6.07) is 9.23. The molecule has 2 aliphatic heterocycles. The second-order valence-electron chi connectivity index (χ2n) is 8.23. The van der Waals surface area contributed by atoms with Gasteiger partial charge in [0, 0.05) is 34.9 Å². The molecular weight excluding hydrogens is 437 g/mol. The molecule has 1 aliphatic carbocycles. The van der Waals surface area contributed by atoms with Crippen LogP contribution in [0.3, 0.4) is 0 Å². The van der Waals surface area contributed by atoms with E-state index >= 15 is 0 Å². The molecule has 4 heterocycles. The van der Waals surface area contributed by atoms with Crippen molar-refractivity contribution < 1.29 is 9.59 Å². The summed E-state index contributed by atoms with van der Waals surface area (Å²) in [6.07, 6.45) is 5.21. The lowest BCUT2D eigenvalue weighted by atomic mass is 9.72. The maximum Gasteiger partial charge on any atom is 0.243 e. The minimum absolute atomic E-state index is 0.0281. The molecule has 0 bridgehead atoms. The Kier molecular flexibility index (Phi) is 3.98. The average molecular weight is 454 g/mol. The van der Waals surface area contributed by atoms with E-state index in [1.807, 2.05) is 17.0 Å². The van der Waals surface area contributed by atoms with Gasteiger partial charge in [-0.1, -0.05) is 23.2 Å². The Hall–Kier alpha value is -2.90. The van der Waals surface area contributed by atoms with E-state index in [-0.39, 0.29) is 24.3 Å². The SMILES string of the molecule is O=C1CC2(C(=O)N(C3CC3)c3ccc(Cl)cc32)c2cnn(Cc3ccc(Cl)cn3)c2N1. The summed E-state index contributed by atoms with van der Waals surface area (Å²) >= 11 is 12.3. The van der Waals surface area contributed by atoms with Crippen molar-refractivity contribution in [2.24, 2.45) is 0 Å². The summed E-state index contributed by atoms with van der Waals surface area (Å²) in [6.45, 7) is 0.339. The van der Waals surface area contributed by atoms with Crippen LogP contribution in [-0.2, 0) is 21.5 Å². The van der Waals surface area contributed by atoms with Gasteiger partial charge in [-0.3, -0.25) is 14.6 Å². The van der Waals surface area contributed by atoms with Gasteiger partial charge in [-0.15, -0.1) is 0 Å². The summed E-state index contributed by atoms with van der Waals surface area (Å²) in [5, 5.41) is 8.51. The monoisotopic (exact) mass is 453 g/mol. The van der Waals surface area contributed by atoms with Gasteiger partial charge in [0.1, 0.15) is 11.2 Å². The van der Waals surface area contributed by atoms with E-state index < -0.39 is 5.41 Å². The third-order valence-corrected chi connectivity index (χ3v) is 6.72. The predicted molar refractivity (Wildman–Crippen MR) is 117 cm³/mol. The number of carbonyl (C=O) groups is 2. The van der Waals surface area contributed by atoms with E-state index in [2.05, 4.69) is 15.4 Å². The predicted octanol–water partition coefficient (Wildman–Crippen LogP) is 3.77. The lowest BCUT2D eigenvalue weighted by Gasteiger charge is -2.32. The molecule has 0 radical (unpaired) electrons. The number of pyridine rings is 1. The van der Waals surface area contributed by atoms with Crippen molar-refractivity contribution in [3.8, 4) is 0 Å². The van der Waals surface area contributed by atoms with E-state index in [9.17, 15) is 9.59 Å². The number of anilines is 2.